The number of esters is 1. The summed E-state index contributed by atoms with van der Waals surface area (Å²) in [5.41, 5.74) is -1.96. The molecule has 10 heteroatoms. The van der Waals surface area contributed by atoms with E-state index in [2.05, 4.69) is 4.74 Å². The van der Waals surface area contributed by atoms with E-state index in [0.717, 1.165) is 12.1 Å². The topological polar surface area (TPSA) is 75.9 Å². The molecule has 0 atom stereocenters. The number of methoxy groups -OCH3 is 1. The third kappa shape index (κ3) is 4.13. The molecule has 2 rings (SSSR count). The van der Waals surface area contributed by atoms with Gasteiger partial charge in [0.2, 0.25) is 0 Å². The second-order valence-corrected chi connectivity index (χ2v) is 5.30. The second-order valence-electron chi connectivity index (χ2n) is 5.30. The summed E-state index contributed by atoms with van der Waals surface area (Å²) in [6, 6.07) is 2.98. The number of piperazine rings is 1. The lowest BCUT2D eigenvalue weighted by molar-refractivity contribution is -0.388. The lowest BCUT2D eigenvalue weighted by Gasteiger charge is -2.35. The van der Waals surface area contributed by atoms with Gasteiger partial charge in [-0.25, -0.2) is 0 Å². The van der Waals surface area contributed by atoms with Crippen LogP contribution in [0.2, 0.25) is 0 Å². The van der Waals surface area contributed by atoms with Crippen LogP contribution < -0.4 is 4.90 Å². The van der Waals surface area contributed by atoms with E-state index >= 15 is 0 Å². The normalized spacial score (nSPS) is 16.1. The van der Waals surface area contributed by atoms with Crippen LogP contribution >= 0.6 is 0 Å². The smallest absolute Gasteiger partial charge is 0.423 e. The summed E-state index contributed by atoms with van der Waals surface area (Å²) in [6.07, 6.45) is -4.80. The monoisotopic (exact) mass is 347 g/mol. The molecule has 0 saturated carbocycles. The number of nitro benzene ring substituents is 1. The van der Waals surface area contributed by atoms with Crippen molar-refractivity contribution in [1.82, 2.24) is 4.90 Å². The second kappa shape index (κ2) is 7.04. The van der Waals surface area contributed by atoms with Gasteiger partial charge >= 0.3 is 12.1 Å². The van der Waals surface area contributed by atoms with E-state index < -0.39 is 22.4 Å². The number of anilines is 1. The Labute approximate surface area is 135 Å². The van der Waals surface area contributed by atoms with Crippen molar-refractivity contribution in [3.63, 3.8) is 0 Å². The van der Waals surface area contributed by atoms with Crippen LogP contribution in [0.4, 0.5) is 24.5 Å². The number of nitro groups is 1. The first-order valence-electron chi connectivity index (χ1n) is 7.12. The molecule has 1 fully saturated rings. The zero-order valence-corrected chi connectivity index (χ0v) is 12.9. The fourth-order valence-corrected chi connectivity index (χ4v) is 2.52. The van der Waals surface area contributed by atoms with Crippen LogP contribution in [-0.2, 0) is 15.7 Å². The molecule has 0 amide bonds. The number of nitrogens with zero attached hydrogens (tertiary/aromatic N) is 3. The molecule has 132 valence electrons. The lowest BCUT2D eigenvalue weighted by atomic mass is 10.1. The number of carbonyl (C=O) groups excluding carboxylic acids is 1. The number of hydrogen-bond acceptors (Lipinski definition) is 6. The average Bonchev–Trinajstić information content (AvgIpc) is 2.54. The summed E-state index contributed by atoms with van der Waals surface area (Å²) in [7, 11) is 1.29. The summed E-state index contributed by atoms with van der Waals surface area (Å²) >= 11 is 0. The number of ether oxygens (including phenoxy) is 1. The first kappa shape index (κ1) is 18.0. The molecule has 0 N–H and O–H groups in total. The molecule has 1 aromatic carbocycles. The van der Waals surface area contributed by atoms with Crippen molar-refractivity contribution in [2.45, 2.75) is 6.18 Å². The summed E-state index contributed by atoms with van der Waals surface area (Å²) in [5, 5.41) is 10.8. The highest BCUT2D eigenvalue weighted by Gasteiger charge is 2.39. The van der Waals surface area contributed by atoms with Gasteiger partial charge in [0, 0.05) is 37.9 Å². The highest BCUT2D eigenvalue weighted by Crippen LogP contribution is 2.38. The molecule has 1 heterocycles. The van der Waals surface area contributed by atoms with E-state index in [-0.39, 0.29) is 18.2 Å². The standard InChI is InChI=1S/C14H16F3N3O4/c1-24-13(21)9-18-4-6-19(7-5-18)10-2-3-12(20(22)23)11(8-10)14(15,16)17/h2-3,8H,4-7,9H2,1H3. The summed E-state index contributed by atoms with van der Waals surface area (Å²) in [6.45, 7) is 1.90. The van der Waals surface area contributed by atoms with E-state index in [1.165, 1.54) is 13.2 Å². The third-order valence-corrected chi connectivity index (χ3v) is 3.80. The van der Waals surface area contributed by atoms with Crippen LogP contribution in [-0.4, -0.2) is 55.6 Å². The molecule has 1 saturated heterocycles. The lowest BCUT2D eigenvalue weighted by Crippen LogP contribution is -2.48. The molecular formula is C14H16F3N3O4. The zero-order valence-electron chi connectivity index (χ0n) is 12.9. The number of carbonyl (C=O) groups is 1. The fraction of sp³-hybridized carbons (Fsp3) is 0.500. The molecule has 0 spiro atoms. The third-order valence-electron chi connectivity index (χ3n) is 3.80. The molecule has 1 aliphatic rings. The van der Waals surface area contributed by atoms with Crippen LogP contribution in [0, 0.1) is 10.1 Å². The average molecular weight is 347 g/mol. The van der Waals surface area contributed by atoms with Crippen molar-refractivity contribution in [2.75, 3.05) is 44.7 Å². The van der Waals surface area contributed by atoms with Crippen molar-refractivity contribution in [3.05, 3.63) is 33.9 Å². The Morgan fingerprint density at radius 2 is 1.92 bits per heavy atom. The Bertz CT molecular complexity index is 628. The van der Waals surface area contributed by atoms with E-state index in [9.17, 15) is 28.1 Å². The largest absolute Gasteiger partial charge is 0.468 e. The number of rotatable bonds is 4. The van der Waals surface area contributed by atoms with Crippen LogP contribution in [0.25, 0.3) is 0 Å². The number of benzene rings is 1. The van der Waals surface area contributed by atoms with E-state index in [1.54, 1.807) is 4.90 Å². The Balaban J connectivity index is 2.14. The maximum absolute atomic E-state index is 13.0. The van der Waals surface area contributed by atoms with Crippen molar-refractivity contribution < 1.29 is 27.6 Å². The SMILES string of the molecule is COC(=O)CN1CCN(c2ccc([N+](=O)[O-])c(C(F)(F)F)c2)CC1. The maximum atomic E-state index is 13.0. The Morgan fingerprint density at radius 3 is 2.42 bits per heavy atom. The van der Waals surface area contributed by atoms with Crippen LogP contribution in [0.15, 0.2) is 18.2 Å². The first-order valence-corrected chi connectivity index (χ1v) is 7.12. The molecule has 24 heavy (non-hydrogen) atoms. The maximum Gasteiger partial charge on any atom is 0.423 e. The molecule has 1 aliphatic heterocycles. The quantitative estimate of drug-likeness (QED) is 0.470. The van der Waals surface area contributed by atoms with Crippen molar-refractivity contribution >= 4 is 17.3 Å². The molecule has 0 unspecified atom stereocenters. The van der Waals surface area contributed by atoms with Crippen molar-refractivity contribution in [1.29, 1.82) is 0 Å². The molecule has 1 aromatic rings. The van der Waals surface area contributed by atoms with Crippen molar-refractivity contribution in [3.8, 4) is 0 Å². The van der Waals surface area contributed by atoms with Gasteiger partial charge in [0.05, 0.1) is 18.6 Å². The van der Waals surface area contributed by atoms with E-state index in [0.29, 0.717) is 26.2 Å². The molecule has 0 aliphatic carbocycles. The van der Waals surface area contributed by atoms with Gasteiger partial charge in [-0.1, -0.05) is 0 Å². The molecular weight excluding hydrogens is 331 g/mol. The minimum absolute atomic E-state index is 0.123. The van der Waals surface area contributed by atoms with Gasteiger partial charge < -0.3 is 9.64 Å². The van der Waals surface area contributed by atoms with Gasteiger partial charge in [0.15, 0.2) is 0 Å². The van der Waals surface area contributed by atoms with Crippen LogP contribution in [0.3, 0.4) is 0 Å². The predicted octanol–water partition coefficient (Wildman–Crippen LogP) is 1.91. The molecule has 0 bridgehead atoms. The number of halogens is 3. The summed E-state index contributed by atoms with van der Waals surface area (Å²) in [4.78, 5) is 24.5. The fourth-order valence-electron chi connectivity index (χ4n) is 2.52. The minimum atomic E-state index is -4.80. The minimum Gasteiger partial charge on any atom is -0.468 e. The van der Waals surface area contributed by atoms with Gasteiger partial charge in [-0.2, -0.15) is 13.2 Å². The van der Waals surface area contributed by atoms with Gasteiger partial charge in [-0.3, -0.25) is 19.8 Å². The Kier molecular flexibility index (Phi) is 5.27. The molecule has 0 aromatic heterocycles. The first-order chi connectivity index (χ1) is 11.2. The van der Waals surface area contributed by atoms with Crippen LogP contribution in [0.1, 0.15) is 5.56 Å². The van der Waals surface area contributed by atoms with Crippen LogP contribution in [0.5, 0.6) is 0 Å². The molecule has 7 nitrogen and oxygen atoms in total. The highest BCUT2D eigenvalue weighted by atomic mass is 19.4. The summed E-state index contributed by atoms with van der Waals surface area (Å²) < 4.78 is 43.6. The van der Waals surface area contributed by atoms with E-state index in [1.807, 2.05) is 4.90 Å². The molecule has 0 radical (unpaired) electrons. The number of hydrogen-bond donors (Lipinski definition) is 0. The zero-order chi connectivity index (χ0) is 17.9. The Hall–Kier alpha value is -2.36. The Morgan fingerprint density at radius 1 is 1.29 bits per heavy atom. The van der Waals surface area contributed by atoms with E-state index in [4.69, 9.17) is 0 Å². The summed E-state index contributed by atoms with van der Waals surface area (Å²) in [5.74, 6) is -0.377. The van der Waals surface area contributed by atoms with Gasteiger partial charge in [0.25, 0.3) is 5.69 Å². The highest BCUT2D eigenvalue weighted by molar-refractivity contribution is 5.71. The van der Waals surface area contributed by atoms with Gasteiger partial charge in [0.1, 0.15) is 5.56 Å². The van der Waals surface area contributed by atoms with Crippen molar-refractivity contribution in [2.24, 2.45) is 0 Å². The number of alkyl halides is 3. The van der Waals surface area contributed by atoms with Gasteiger partial charge in [-0.05, 0) is 12.1 Å². The predicted molar refractivity (Wildman–Crippen MR) is 78.8 cm³/mol. The van der Waals surface area contributed by atoms with Gasteiger partial charge in [-0.15, -0.1) is 0 Å².